The van der Waals surface area contributed by atoms with E-state index in [-0.39, 0.29) is 11.8 Å². The Kier molecular flexibility index (Phi) is 5.69. The van der Waals surface area contributed by atoms with Crippen LogP contribution in [0.4, 0.5) is 0 Å². The minimum Gasteiger partial charge on any atom is -0.493 e. The Morgan fingerprint density at radius 2 is 1.86 bits per heavy atom. The number of carbonyl (C=O) groups is 1. The number of amides is 1. The Morgan fingerprint density at radius 3 is 2.45 bits per heavy atom. The van der Waals surface area contributed by atoms with Crippen LogP contribution in [0, 0.1) is 5.92 Å². The predicted molar refractivity (Wildman–Crippen MR) is 87.7 cm³/mol. The van der Waals surface area contributed by atoms with Crippen LogP contribution in [-0.4, -0.2) is 26.7 Å². The second-order valence-corrected chi connectivity index (χ2v) is 5.90. The minimum absolute atomic E-state index is 0.131. The van der Waals surface area contributed by atoms with E-state index in [0.29, 0.717) is 12.5 Å². The highest BCUT2D eigenvalue weighted by molar-refractivity contribution is 5.78. The van der Waals surface area contributed by atoms with Crippen molar-refractivity contribution in [3.8, 4) is 11.5 Å². The predicted octanol–water partition coefficient (Wildman–Crippen LogP) is 3.29. The fourth-order valence-electron chi connectivity index (χ4n) is 3.26. The molecule has 0 radical (unpaired) electrons. The van der Waals surface area contributed by atoms with Crippen LogP contribution in [0.1, 0.15) is 50.2 Å². The average molecular weight is 305 g/mol. The van der Waals surface area contributed by atoms with Gasteiger partial charge in [-0.25, -0.2) is 0 Å². The molecule has 1 aromatic rings. The van der Waals surface area contributed by atoms with E-state index >= 15 is 0 Å². The molecule has 0 spiro atoms. The third-order valence-corrected chi connectivity index (χ3v) is 4.73. The van der Waals surface area contributed by atoms with Crippen LogP contribution in [0.25, 0.3) is 0 Å². The molecule has 122 valence electrons. The Hall–Kier alpha value is -1.71. The van der Waals surface area contributed by atoms with Crippen molar-refractivity contribution in [2.75, 3.05) is 20.8 Å². The van der Waals surface area contributed by atoms with Crippen molar-refractivity contribution >= 4 is 5.91 Å². The molecule has 1 aliphatic rings. The molecule has 0 fully saturated rings. The van der Waals surface area contributed by atoms with Gasteiger partial charge in [-0.3, -0.25) is 4.79 Å². The van der Waals surface area contributed by atoms with Crippen molar-refractivity contribution in [2.45, 2.75) is 45.4 Å². The van der Waals surface area contributed by atoms with Gasteiger partial charge in [0, 0.05) is 18.4 Å². The lowest BCUT2D eigenvalue weighted by Crippen LogP contribution is -2.33. The molecule has 0 heterocycles. The first-order chi connectivity index (χ1) is 10.6. The van der Waals surface area contributed by atoms with Crippen LogP contribution in [-0.2, 0) is 11.2 Å². The van der Waals surface area contributed by atoms with E-state index in [2.05, 4.69) is 31.3 Å². The molecule has 0 saturated heterocycles. The van der Waals surface area contributed by atoms with Crippen molar-refractivity contribution in [2.24, 2.45) is 5.92 Å². The van der Waals surface area contributed by atoms with Crippen LogP contribution in [0.15, 0.2) is 12.1 Å². The van der Waals surface area contributed by atoms with E-state index in [0.717, 1.165) is 37.2 Å². The monoisotopic (exact) mass is 305 g/mol. The Morgan fingerprint density at radius 1 is 1.23 bits per heavy atom. The molecular formula is C18H27NO3. The molecule has 1 aromatic carbocycles. The molecular weight excluding hydrogens is 278 g/mol. The van der Waals surface area contributed by atoms with Crippen molar-refractivity contribution in [3.05, 3.63) is 23.3 Å². The topological polar surface area (TPSA) is 47.6 Å². The van der Waals surface area contributed by atoms with E-state index < -0.39 is 0 Å². The summed E-state index contributed by atoms with van der Waals surface area (Å²) < 4.78 is 10.8. The zero-order valence-corrected chi connectivity index (χ0v) is 14.1. The normalized spacial score (nSPS) is 16.5. The molecule has 0 aliphatic heterocycles. The summed E-state index contributed by atoms with van der Waals surface area (Å²) in [6.07, 6.45) is 3.89. The van der Waals surface area contributed by atoms with Gasteiger partial charge < -0.3 is 14.8 Å². The van der Waals surface area contributed by atoms with Gasteiger partial charge in [-0.1, -0.05) is 13.8 Å². The molecule has 2 rings (SSSR count). The van der Waals surface area contributed by atoms with E-state index in [1.807, 2.05) is 0 Å². The standard InChI is InChI=1S/C18H27NO3/c1-5-12(6-2)18(20)19-11-14-8-7-13-9-16(21-3)17(22-4)10-15(13)14/h9-10,12,14H,5-8,11H2,1-4H3,(H,19,20). The highest BCUT2D eigenvalue weighted by Gasteiger charge is 2.26. The number of hydrogen-bond donors (Lipinski definition) is 1. The fourth-order valence-corrected chi connectivity index (χ4v) is 3.26. The van der Waals surface area contributed by atoms with Gasteiger partial charge in [0.15, 0.2) is 11.5 Å². The highest BCUT2D eigenvalue weighted by atomic mass is 16.5. The molecule has 1 aliphatic carbocycles. The quantitative estimate of drug-likeness (QED) is 0.841. The van der Waals surface area contributed by atoms with Gasteiger partial charge in [0.2, 0.25) is 5.91 Å². The number of ether oxygens (including phenoxy) is 2. The van der Waals surface area contributed by atoms with Crippen molar-refractivity contribution in [3.63, 3.8) is 0 Å². The van der Waals surface area contributed by atoms with Gasteiger partial charge in [-0.05, 0) is 48.9 Å². The largest absolute Gasteiger partial charge is 0.493 e. The summed E-state index contributed by atoms with van der Waals surface area (Å²) in [5.41, 5.74) is 2.59. The number of fused-ring (bicyclic) bond motifs is 1. The van der Waals surface area contributed by atoms with Crippen LogP contribution < -0.4 is 14.8 Å². The second kappa shape index (κ2) is 7.52. The molecule has 22 heavy (non-hydrogen) atoms. The summed E-state index contributed by atoms with van der Waals surface area (Å²) in [7, 11) is 3.32. The number of aryl methyl sites for hydroxylation is 1. The third-order valence-electron chi connectivity index (χ3n) is 4.73. The highest BCUT2D eigenvalue weighted by Crippen LogP contribution is 2.40. The fraction of sp³-hybridized carbons (Fsp3) is 0.611. The molecule has 1 atom stereocenters. The number of hydrogen-bond acceptors (Lipinski definition) is 3. The summed E-state index contributed by atoms with van der Waals surface area (Å²) in [6, 6.07) is 4.13. The molecule has 0 bridgehead atoms. The SMILES string of the molecule is CCC(CC)C(=O)NCC1CCc2cc(OC)c(OC)cc21. The Bertz CT molecular complexity index is 523. The van der Waals surface area contributed by atoms with E-state index in [4.69, 9.17) is 9.47 Å². The summed E-state index contributed by atoms with van der Waals surface area (Å²) in [4.78, 5) is 12.1. The second-order valence-electron chi connectivity index (χ2n) is 5.90. The summed E-state index contributed by atoms with van der Waals surface area (Å²) in [5.74, 6) is 2.22. The first-order valence-electron chi connectivity index (χ1n) is 8.17. The van der Waals surface area contributed by atoms with Crippen molar-refractivity contribution in [1.29, 1.82) is 0 Å². The number of rotatable bonds is 7. The number of methoxy groups -OCH3 is 2. The molecule has 4 heteroatoms. The number of benzene rings is 1. The van der Waals surface area contributed by atoms with Gasteiger partial charge in [0.05, 0.1) is 14.2 Å². The summed E-state index contributed by atoms with van der Waals surface area (Å²) in [5, 5.41) is 3.12. The molecule has 1 amide bonds. The number of carbonyl (C=O) groups excluding carboxylic acids is 1. The first-order valence-corrected chi connectivity index (χ1v) is 8.17. The van der Waals surface area contributed by atoms with E-state index in [9.17, 15) is 4.79 Å². The van der Waals surface area contributed by atoms with Gasteiger partial charge >= 0.3 is 0 Å². The average Bonchev–Trinajstić information content (AvgIpc) is 2.94. The minimum atomic E-state index is 0.131. The molecule has 1 unspecified atom stereocenters. The number of nitrogens with one attached hydrogen (secondary N) is 1. The maximum absolute atomic E-state index is 12.1. The maximum Gasteiger partial charge on any atom is 0.223 e. The molecule has 1 N–H and O–H groups in total. The first kappa shape index (κ1) is 16.7. The molecule has 4 nitrogen and oxygen atoms in total. The van der Waals surface area contributed by atoms with Crippen LogP contribution in [0.3, 0.4) is 0 Å². The Labute approximate surface area is 133 Å². The lowest BCUT2D eigenvalue weighted by molar-refractivity contribution is -0.125. The zero-order chi connectivity index (χ0) is 16.1. The molecule has 0 saturated carbocycles. The zero-order valence-electron chi connectivity index (χ0n) is 14.1. The van der Waals surface area contributed by atoms with E-state index in [1.165, 1.54) is 11.1 Å². The summed E-state index contributed by atoms with van der Waals surface area (Å²) in [6.45, 7) is 4.84. The lowest BCUT2D eigenvalue weighted by atomic mass is 9.99. The molecule has 0 aromatic heterocycles. The van der Waals surface area contributed by atoms with Crippen LogP contribution >= 0.6 is 0 Å². The van der Waals surface area contributed by atoms with Gasteiger partial charge in [-0.2, -0.15) is 0 Å². The third kappa shape index (κ3) is 3.37. The van der Waals surface area contributed by atoms with Crippen LogP contribution in [0.5, 0.6) is 11.5 Å². The van der Waals surface area contributed by atoms with Crippen molar-refractivity contribution in [1.82, 2.24) is 5.32 Å². The van der Waals surface area contributed by atoms with Crippen molar-refractivity contribution < 1.29 is 14.3 Å². The smallest absolute Gasteiger partial charge is 0.223 e. The Balaban J connectivity index is 2.07. The van der Waals surface area contributed by atoms with Crippen LogP contribution in [0.2, 0.25) is 0 Å². The van der Waals surface area contributed by atoms with Gasteiger partial charge in [-0.15, -0.1) is 0 Å². The maximum atomic E-state index is 12.1. The summed E-state index contributed by atoms with van der Waals surface area (Å²) >= 11 is 0. The lowest BCUT2D eigenvalue weighted by Gasteiger charge is -2.17. The van der Waals surface area contributed by atoms with Gasteiger partial charge in [0.1, 0.15) is 0 Å². The van der Waals surface area contributed by atoms with Gasteiger partial charge in [0.25, 0.3) is 0 Å². The van der Waals surface area contributed by atoms with E-state index in [1.54, 1.807) is 14.2 Å².